The predicted molar refractivity (Wildman–Crippen MR) is 73.0 cm³/mol. The highest BCUT2D eigenvalue weighted by molar-refractivity contribution is 7.15. The van der Waals surface area contributed by atoms with Crippen molar-refractivity contribution < 1.29 is 9.53 Å². The molecule has 2 aromatic rings. The van der Waals surface area contributed by atoms with E-state index >= 15 is 0 Å². The van der Waals surface area contributed by atoms with Crippen LogP contribution in [0.2, 0.25) is 5.15 Å². The number of esters is 1. The topological polar surface area (TPSA) is 43.6 Å². The fourth-order valence-corrected chi connectivity index (χ4v) is 2.41. The second-order valence-electron chi connectivity index (χ2n) is 4.71. The normalized spacial score (nSPS) is 12.4. The van der Waals surface area contributed by atoms with E-state index in [9.17, 15) is 4.79 Å². The zero-order valence-electron chi connectivity index (χ0n) is 10.3. The number of carbonyl (C=O) groups is 1. The van der Waals surface area contributed by atoms with Crippen LogP contribution in [0.5, 0.6) is 0 Å². The van der Waals surface area contributed by atoms with Gasteiger partial charge in [-0.3, -0.25) is 4.40 Å². The minimum Gasteiger partial charge on any atom is -0.457 e. The molecule has 4 nitrogen and oxygen atoms in total. The number of hydrogen-bond donors (Lipinski definition) is 0. The molecular weight excluding hydrogens is 272 g/mol. The highest BCUT2D eigenvalue weighted by Crippen LogP contribution is 2.22. The number of carbonyl (C=O) groups excluding carboxylic acids is 1. The molecule has 0 aliphatic rings. The van der Waals surface area contributed by atoms with E-state index in [-0.39, 0.29) is 0 Å². The summed E-state index contributed by atoms with van der Waals surface area (Å²) in [5.41, 5.74) is 0.180. The molecule has 2 rings (SSSR count). The molecule has 0 radical (unpaired) electrons. The average Bonchev–Trinajstić information content (AvgIpc) is 2.72. The average molecular weight is 285 g/mol. The number of ether oxygens (including phenoxy) is 1. The van der Waals surface area contributed by atoms with E-state index < -0.39 is 11.6 Å². The maximum absolute atomic E-state index is 11.6. The van der Waals surface area contributed by atoms with Gasteiger partial charge in [-0.25, -0.2) is 9.78 Å². The molecule has 0 bridgehead atoms. The van der Waals surface area contributed by atoms with E-state index in [0.717, 1.165) is 4.96 Å². The first-order chi connectivity index (χ1) is 8.37. The van der Waals surface area contributed by atoms with Crippen molar-refractivity contribution in [3.63, 3.8) is 0 Å². The molecule has 0 amide bonds. The van der Waals surface area contributed by atoms with Crippen LogP contribution in [-0.4, -0.2) is 21.0 Å². The Hall–Kier alpha value is -1.33. The van der Waals surface area contributed by atoms with Gasteiger partial charge in [0.15, 0.2) is 10.1 Å². The minimum absolute atomic E-state index is 0.377. The van der Waals surface area contributed by atoms with E-state index in [1.807, 2.05) is 36.7 Å². The minimum atomic E-state index is -0.500. The Morgan fingerprint density at radius 3 is 2.94 bits per heavy atom. The molecule has 0 unspecified atom stereocenters. The van der Waals surface area contributed by atoms with E-state index in [1.54, 1.807) is 6.08 Å². The number of halogens is 1. The highest BCUT2D eigenvalue weighted by atomic mass is 35.5. The molecule has 0 saturated heterocycles. The van der Waals surface area contributed by atoms with Gasteiger partial charge in [-0.15, -0.1) is 11.3 Å². The van der Waals surface area contributed by atoms with Gasteiger partial charge in [-0.1, -0.05) is 11.6 Å². The third-order valence-electron chi connectivity index (χ3n) is 2.04. The van der Waals surface area contributed by atoms with Gasteiger partial charge < -0.3 is 4.74 Å². The molecule has 96 valence electrons. The summed E-state index contributed by atoms with van der Waals surface area (Å²) in [5.74, 6) is -0.399. The number of imidazole rings is 1. The summed E-state index contributed by atoms with van der Waals surface area (Å²) in [6.45, 7) is 5.46. The van der Waals surface area contributed by atoms with Crippen LogP contribution < -0.4 is 0 Å². The van der Waals surface area contributed by atoms with Crippen LogP contribution in [0.15, 0.2) is 17.7 Å². The molecular formula is C12H13ClN2O2S. The van der Waals surface area contributed by atoms with E-state index in [0.29, 0.717) is 10.8 Å². The molecule has 18 heavy (non-hydrogen) atoms. The molecule has 2 aromatic heterocycles. The lowest BCUT2D eigenvalue weighted by Gasteiger charge is -2.17. The van der Waals surface area contributed by atoms with Gasteiger partial charge in [-0.2, -0.15) is 0 Å². The lowest BCUT2D eigenvalue weighted by atomic mass is 10.2. The zero-order chi connectivity index (χ0) is 13.3. The molecule has 0 aliphatic heterocycles. The molecule has 2 heterocycles. The third kappa shape index (κ3) is 2.91. The van der Waals surface area contributed by atoms with Crippen LogP contribution >= 0.6 is 22.9 Å². The van der Waals surface area contributed by atoms with Gasteiger partial charge in [0.05, 0.1) is 5.69 Å². The fraction of sp³-hybridized carbons (Fsp3) is 0.333. The van der Waals surface area contributed by atoms with Crippen LogP contribution in [0.1, 0.15) is 26.5 Å². The molecule has 0 aromatic carbocycles. The van der Waals surface area contributed by atoms with Crippen molar-refractivity contribution in [2.24, 2.45) is 0 Å². The summed E-state index contributed by atoms with van der Waals surface area (Å²) >= 11 is 7.48. The van der Waals surface area contributed by atoms with Gasteiger partial charge in [0.1, 0.15) is 5.60 Å². The van der Waals surface area contributed by atoms with Crippen molar-refractivity contribution in [3.8, 4) is 0 Å². The largest absolute Gasteiger partial charge is 0.457 e. The SMILES string of the molecule is CC(C)(C)OC(=O)/C=C/c1c(Cl)nc2sccn12. The predicted octanol–water partition coefficient (Wildman–Crippen LogP) is 3.40. The maximum Gasteiger partial charge on any atom is 0.331 e. The van der Waals surface area contributed by atoms with Crippen LogP contribution in [0.4, 0.5) is 0 Å². The highest BCUT2D eigenvalue weighted by Gasteiger charge is 2.14. The van der Waals surface area contributed by atoms with Crippen molar-refractivity contribution in [2.45, 2.75) is 26.4 Å². The summed E-state index contributed by atoms with van der Waals surface area (Å²) in [7, 11) is 0. The van der Waals surface area contributed by atoms with Crippen LogP contribution in [0.3, 0.4) is 0 Å². The summed E-state index contributed by atoms with van der Waals surface area (Å²) < 4.78 is 7.00. The van der Waals surface area contributed by atoms with Gasteiger partial charge in [-0.05, 0) is 26.8 Å². The van der Waals surface area contributed by atoms with Gasteiger partial charge in [0.25, 0.3) is 0 Å². The number of aromatic nitrogens is 2. The Morgan fingerprint density at radius 2 is 2.28 bits per heavy atom. The fourth-order valence-electron chi connectivity index (χ4n) is 1.41. The number of fused-ring (bicyclic) bond motifs is 1. The molecule has 0 saturated carbocycles. The third-order valence-corrected chi connectivity index (χ3v) is 3.07. The number of thiazole rings is 1. The molecule has 0 spiro atoms. The number of rotatable bonds is 2. The summed E-state index contributed by atoms with van der Waals surface area (Å²) in [6, 6.07) is 0. The van der Waals surface area contributed by atoms with Crippen LogP contribution in [-0.2, 0) is 9.53 Å². The van der Waals surface area contributed by atoms with E-state index in [2.05, 4.69) is 4.98 Å². The molecule has 0 N–H and O–H groups in total. The van der Waals surface area contributed by atoms with Crippen molar-refractivity contribution >= 4 is 39.9 Å². The van der Waals surface area contributed by atoms with Crippen molar-refractivity contribution in [3.05, 3.63) is 28.5 Å². The number of hydrogen-bond acceptors (Lipinski definition) is 4. The van der Waals surface area contributed by atoms with Gasteiger partial charge >= 0.3 is 5.97 Å². The van der Waals surface area contributed by atoms with Crippen molar-refractivity contribution in [1.29, 1.82) is 0 Å². The van der Waals surface area contributed by atoms with Gasteiger partial charge in [0, 0.05) is 17.7 Å². The Bertz CT molecular complexity index is 607. The van der Waals surface area contributed by atoms with Gasteiger partial charge in [0.2, 0.25) is 0 Å². The lowest BCUT2D eigenvalue weighted by Crippen LogP contribution is -2.22. The number of nitrogens with zero attached hydrogens (tertiary/aromatic N) is 2. The van der Waals surface area contributed by atoms with E-state index in [1.165, 1.54) is 17.4 Å². The first kappa shape index (κ1) is 13.1. The Labute approximate surface area is 114 Å². The molecule has 0 aliphatic carbocycles. The Balaban J connectivity index is 2.20. The summed E-state index contributed by atoms with van der Waals surface area (Å²) in [5, 5.41) is 2.28. The second kappa shape index (κ2) is 4.74. The quantitative estimate of drug-likeness (QED) is 0.627. The lowest BCUT2D eigenvalue weighted by molar-refractivity contribution is -0.148. The summed E-state index contributed by atoms with van der Waals surface area (Å²) in [4.78, 5) is 16.5. The van der Waals surface area contributed by atoms with Crippen molar-refractivity contribution in [1.82, 2.24) is 9.38 Å². The zero-order valence-corrected chi connectivity index (χ0v) is 11.9. The molecule has 6 heteroatoms. The maximum atomic E-state index is 11.6. The second-order valence-corrected chi connectivity index (χ2v) is 5.94. The summed E-state index contributed by atoms with van der Waals surface area (Å²) in [6.07, 6.45) is 4.83. The van der Waals surface area contributed by atoms with Crippen LogP contribution in [0, 0.1) is 0 Å². The Kier molecular flexibility index (Phi) is 3.45. The monoisotopic (exact) mass is 284 g/mol. The molecule has 0 atom stereocenters. The van der Waals surface area contributed by atoms with Crippen LogP contribution in [0.25, 0.3) is 11.0 Å². The molecule has 0 fully saturated rings. The van der Waals surface area contributed by atoms with E-state index in [4.69, 9.17) is 16.3 Å². The van der Waals surface area contributed by atoms with Crippen molar-refractivity contribution in [2.75, 3.05) is 0 Å². The first-order valence-corrected chi connectivity index (χ1v) is 6.65. The Morgan fingerprint density at radius 1 is 1.56 bits per heavy atom. The standard InChI is InChI=1S/C12H13ClN2O2S/c1-12(2,3)17-9(16)5-4-8-10(13)14-11-15(8)6-7-18-11/h4-7H,1-3H3/b5-4+. The first-order valence-electron chi connectivity index (χ1n) is 5.39. The smallest absolute Gasteiger partial charge is 0.331 e.